The van der Waals surface area contributed by atoms with Crippen molar-refractivity contribution in [2.45, 2.75) is 0 Å². The minimum Gasteiger partial charge on any atom is -0.315 e. The van der Waals surface area contributed by atoms with Crippen LogP contribution in [0.5, 0.6) is 0 Å². The standard InChI is InChI=1S/C16H11N.ClH/c1-2-7-15-12(4-1)8-9-13-5-3-6-14-10-11-17(15)16(13)14;/h1-11H;1H. The first kappa shape index (κ1) is 11.1. The largest absolute Gasteiger partial charge is 0.315 e. The summed E-state index contributed by atoms with van der Waals surface area (Å²) >= 11 is 0. The van der Waals surface area contributed by atoms with Gasteiger partial charge in [-0.15, -0.1) is 12.4 Å². The van der Waals surface area contributed by atoms with E-state index in [1.54, 1.807) is 0 Å². The maximum Gasteiger partial charge on any atom is 0.0601 e. The smallest absolute Gasteiger partial charge is 0.0601 e. The van der Waals surface area contributed by atoms with E-state index in [1.807, 2.05) is 0 Å². The van der Waals surface area contributed by atoms with Crippen molar-refractivity contribution < 1.29 is 0 Å². The normalized spacial score (nSPS) is 11.8. The van der Waals surface area contributed by atoms with E-state index in [4.69, 9.17) is 0 Å². The van der Waals surface area contributed by atoms with Crippen LogP contribution in [-0.2, 0) is 0 Å². The summed E-state index contributed by atoms with van der Waals surface area (Å²) < 4.78 is 2.28. The van der Waals surface area contributed by atoms with E-state index >= 15 is 0 Å². The van der Waals surface area contributed by atoms with Gasteiger partial charge in [0, 0.05) is 11.6 Å². The molecule has 2 heterocycles. The van der Waals surface area contributed by atoms with E-state index in [1.165, 1.54) is 27.7 Å². The Morgan fingerprint density at radius 3 is 2.44 bits per heavy atom. The van der Waals surface area contributed by atoms with Crippen molar-refractivity contribution in [3.63, 3.8) is 0 Å². The summed E-state index contributed by atoms with van der Waals surface area (Å²) in [5, 5.41) is 1.30. The Kier molecular flexibility index (Phi) is 2.49. The van der Waals surface area contributed by atoms with Crippen LogP contribution in [0.15, 0.2) is 54.7 Å². The maximum atomic E-state index is 2.28. The second kappa shape index (κ2) is 4.04. The first-order chi connectivity index (χ1) is 8.43. The highest BCUT2D eigenvalue weighted by Gasteiger charge is 2.11. The van der Waals surface area contributed by atoms with Gasteiger partial charge in [0.2, 0.25) is 0 Å². The van der Waals surface area contributed by atoms with Gasteiger partial charge in [0.05, 0.1) is 11.2 Å². The highest BCUT2D eigenvalue weighted by atomic mass is 35.5. The molecule has 2 aromatic carbocycles. The number of hydrogen-bond acceptors (Lipinski definition) is 0. The zero-order chi connectivity index (χ0) is 11.2. The molecule has 3 aromatic rings. The summed E-state index contributed by atoms with van der Waals surface area (Å²) in [6.45, 7) is 0. The Bertz CT molecular complexity index is 753. The second-order valence-corrected chi connectivity index (χ2v) is 4.36. The van der Waals surface area contributed by atoms with E-state index in [0.29, 0.717) is 0 Å². The minimum absolute atomic E-state index is 0. The van der Waals surface area contributed by atoms with Crippen molar-refractivity contribution >= 4 is 35.5 Å². The van der Waals surface area contributed by atoms with Crippen molar-refractivity contribution in [1.29, 1.82) is 0 Å². The molecule has 0 fully saturated rings. The lowest BCUT2D eigenvalue weighted by atomic mass is 10.1. The molecule has 0 spiro atoms. The van der Waals surface area contributed by atoms with Crippen LogP contribution in [0.2, 0.25) is 0 Å². The third kappa shape index (κ3) is 1.41. The number of hydrogen-bond donors (Lipinski definition) is 0. The number of halogens is 1. The lowest BCUT2D eigenvalue weighted by molar-refractivity contribution is 1.12. The van der Waals surface area contributed by atoms with Gasteiger partial charge in [0.25, 0.3) is 0 Å². The zero-order valence-corrected chi connectivity index (χ0v) is 10.5. The molecule has 0 unspecified atom stereocenters. The van der Waals surface area contributed by atoms with Crippen LogP contribution in [-0.4, -0.2) is 4.57 Å². The SMILES string of the molecule is C1=Cc2cccc3ccn(c23)-c2ccccc21.Cl. The number of fused-ring (bicyclic) bond motifs is 2. The third-order valence-electron chi connectivity index (χ3n) is 3.38. The summed E-state index contributed by atoms with van der Waals surface area (Å²) in [6.07, 6.45) is 6.54. The van der Waals surface area contributed by atoms with E-state index in [2.05, 4.69) is 71.4 Å². The Morgan fingerprint density at radius 2 is 1.50 bits per heavy atom. The number of nitrogens with zero attached hydrogens (tertiary/aromatic N) is 1. The van der Waals surface area contributed by atoms with Crippen molar-refractivity contribution in [2.24, 2.45) is 0 Å². The lowest BCUT2D eigenvalue weighted by Crippen LogP contribution is -1.93. The molecule has 0 bridgehead atoms. The molecule has 1 aromatic heterocycles. The monoisotopic (exact) mass is 253 g/mol. The Hall–Kier alpha value is -1.99. The van der Waals surface area contributed by atoms with E-state index in [-0.39, 0.29) is 12.4 Å². The summed E-state index contributed by atoms with van der Waals surface area (Å²) in [4.78, 5) is 0. The molecular weight excluding hydrogens is 242 g/mol. The van der Waals surface area contributed by atoms with Crippen molar-refractivity contribution in [2.75, 3.05) is 0 Å². The van der Waals surface area contributed by atoms with Crippen molar-refractivity contribution in [3.05, 3.63) is 65.9 Å². The predicted molar refractivity (Wildman–Crippen MR) is 79.5 cm³/mol. The topological polar surface area (TPSA) is 4.93 Å². The Morgan fingerprint density at radius 1 is 0.722 bits per heavy atom. The molecule has 0 saturated heterocycles. The van der Waals surface area contributed by atoms with Crippen LogP contribution >= 0.6 is 12.4 Å². The molecule has 1 aliphatic heterocycles. The number of para-hydroxylation sites is 2. The van der Waals surface area contributed by atoms with Crippen LogP contribution < -0.4 is 0 Å². The van der Waals surface area contributed by atoms with Crippen molar-refractivity contribution in [3.8, 4) is 5.69 Å². The van der Waals surface area contributed by atoms with Crippen LogP contribution in [0, 0.1) is 0 Å². The molecule has 0 radical (unpaired) electrons. The first-order valence-electron chi connectivity index (χ1n) is 5.81. The van der Waals surface area contributed by atoms with Crippen LogP contribution in [0.25, 0.3) is 28.7 Å². The van der Waals surface area contributed by atoms with Crippen LogP contribution in [0.3, 0.4) is 0 Å². The summed E-state index contributed by atoms with van der Waals surface area (Å²) in [5.74, 6) is 0. The molecule has 0 amide bonds. The lowest BCUT2D eigenvalue weighted by Gasteiger charge is -2.08. The fourth-order valence-electron chi connectivity index (χ4n) is 2.58. The fraction of sp³-hybridized carbons (Fsp3) is 0. The number of benzene rings is 2. The predicted octanol–water partition coefficient (Wildman–Crippen LogP) is 4.54. The quantitative estimate of drug-likeness (QED) is 0.434. The molecular formula is C16H12ClN. The van der Waals surface area contributed by atoms with Gasteiger partial charge in [-0.2, -0.15) is 0 Å². The molecule has 0 atom stereocenters. The molecule has 4 rings (SSSR count). The molecule has 18 heavy (non-hydrogen) atoms. The molecule has 88 valence electrons. The van der Waals surface area contributed by atoms with Gasteiger partial charge in [0.15, 0.2) is 0 Å². The van der Waals surface area contributed by atoms with E-state index < -0.39 is 0 Å². The van der Waals surface area contributed by atoms with Gasteiger partial charge in [0.1, 0.15) is 0 Å². The molecule has 1 aliphatic rings. The first-order valence-corrected chi connectivity index (χ1v) is 5.81. The molecule has 0 N–H and O–H groups in total. The molecule has 2 heteroatoms. The molecule has 0 saturated carbocycles. The van der Waals surface area contributed by atoms with Gasteiger partial charge >= 0.3 is 0 Å². The summed E-state index contributed by atoms with van der Waals surface area (Å²) in [5.41, 5.74) is 5.10. The average molecular weight is 254 g/mol. The fourth-order valence-corrected chi connectivity index (χ4v) is 2.58. The minimum atomic E-state index is 0. The van der Waals surface area contributed by atoms with Crippen molar-refractivity contribution in [1.82, 2.24) is 4.57 Å². The Labute approximate surface area is 112 Å². The van der Waals surface area contributed by atoms with E-state index in [0.717, 1.165) is 0 Å². The maximum absolute atomic E-state index is 2.28. The summed E-state index contributed by atoms with van der Waals surface area (Å²) in [6, 6.07) is 17.1. The van der Waals surface area contributed by atoms with Gasteiger partial charge in [-0.3, -0.25) is 0 Å². The van der Waals surface area contributed by atoms with E-state index in [9.17, 15) is 0 Å². The third-order valence-corrected chi connectivity index (χ3v) is 3.38. The van der Waals surface area contributed by atoms with Gasteiger partial charge in [-0.05, 0) is 23.3 Å². The Balaban J connectivity index is 0.000001000. The van der Waals surface area contributed by atoms with Gasteiger partial charge in [-0.1, -0.05) is 48.6 Å². The van der Waals surface area contributed by atoms with Gasteiger partial charge < -0.3 is 4.57 Å². The number of rotatable bonds is 0. The zero-order valence-electron chi connectivity index (χ0n) is 9.71. The summed E-state index contributed by atoms with van der Waals surface area (Å²) in [7, 11) is 0. The average Bonchev–Trinajstić information content (AvgIpc) is 2.73. The molecule has 0 aliphatic carbocycles. The number of aromatic nitrogens is 1. The molecule has 1 nitrogen and oxygen atoms in total. The second-order valence-electron chi connectivity index (χ2n) is 4.36. The van der Waals surface area contributed by atoms with Crippen LogP contribution in [0.4, 0.5) is 0 Å². The van der Waals surface area contributed by atoms with Gasteiger partial charge in [-0.25, -0.2) is 0 Å². The highest BCUT2D eigenvalue weighted by Crippen LogP contribution is 2.30. The highest BCUT2D eigenvalue weighted by molar-refractivity contribution is 5.95. The van der Waals surface area contributed by atoms with Crippen LogP contribution in [0.1, 0.15) is 11.1 Å².